The van der Waals surface area contributed by atoms with Crippen molar-refractivity contribution >= 4 is 5.91 Å². The molecule has 0 radical (unpaired) electrons. The second-order valence-electron chi connectivity index (χ2n) is 3.87. The average Bonchev–Trinajstić information content (AvgIpc) is 2.72. The third-order valence-corrected chi connectivity index (χ3v) is 2.85. The molecule has 0 aromatic carbocycles. The maximum Gasteiger partial charge on any atom is 0.273 e. The minimum atomic E-state index is -0.840. The maximum atomic E-state index is 11.7. The summed E-state index contributed by atoms with van der Waals surface area (Å²) in [5, 5.41) is 12.6. The number of rotatable bonds is 5. The number of oxazole rings is 1. The molecule has 0 saturated carbocycles. The molecular formula is C11H18N2O3. The number of carbonyl (C=O) groups excluding carboxylic acids is 1. The quantitative estimate of drug-likeness (QED) is 0.792. The highest BCUT2D eigenvalue weighted by molar-refractivity contribution is 5.93. The third-order valence-electron chi connectivity index (χ3n) is 2.85. The zero-order chi connectivity index (χ0) is 12.2. The van der Waals surface area contributed by atoms with E-state index in [1.54, 1.807) is 6.92 Å². The van der Waals surface area contributed by atoms with Gasteiger partial charge in [-0.3, -0.25) is 4.79 Å². The first-order valence-electron chi connectivity index (χ1n) is 5.43. The van der Waals surface area contributed by atoms with Crippen molar-refractivity contribution in [1.29, 1.82) is 0 Å². The largest absolute Gasteiger partial charge is 0.448 e. The fourth-order valence-electron chi connectivity index (χ4n) is 1.35. The van der Waals surface area contributed by atoms with E-state index in [4.69, 9.17) is 4.42 Å². The van der Waals surface area contributed by atoms with Gasteiger partial charge in [-0.1, -0.05) is 13.8 Å². The van der Waals surface area contributed by atoms with E-state index < -0.39 is 5.60 Å². The van der Waals surface area contributed by atoms with Gasteiger partial charge in [0.05, 0.1) is 5.60 Å². The summed E-state index contributed by atoms with van der Waals surface area (Å²) in [6.07, 6.45) is 2.43. The lowest BCUT2D eigenvalue weighted by molar-refractivity contribution is 0.0313. The molecule has 1 amide bonds. The lowest BCUT2D eigenvalue weighted by Crippen LogP contribution is -2.42. The molecule has 1 aromatic rings. The van der Waals surface area contributed by atoms with Crippen molar-refractivity contribution in [3.8, 4) is 0 Å². The van der Waals surface area contributed by atoms with E-state index in [9.17, 15) is 9.90 Å². The highest BCUT2D eigenvalue weighted by Gasteiger charge is 2.24. The SMILES string of the molecule is CCC(O)(CC)CNC(=O)c1ncoc1C. The van der Waals surface area contributed by atoms with Gasteiger partial charge in [0.15, 0.2) is 12.1 Å². The predicted molar refractivity (Wildman–Crippen MR) is 59.1 cm³/mol. The Balaban J connectivity index is 2.57. The van der Waals surface area contributed by atoms with Gasteiger partial charge in [-0.25, -0.2) is 4.98 Å². The van der Waals surface area contributed by atoms with Crippen LogP contribution in [0.2, 0.25) is 0 Å². The molecule has 5 heteroatoms. The Morgan fingerprint density at radius 3 is 2.62 bits per heavy atom. The van der Waals surface area contributed by atoms with Gasteiger partial charge in [0, 0.05) is 6.54 Å². The Kier molecular flexibility index (Phi) is 4.06. The number of nitrogens with one attached hydrogen (secondary N) is 1. The van der Waals surface area contributed by atoms with Gasteiger partial charge in [0.2, 0.25) is 0 Å². The zero-order valence-corrected chi connectivity index (χ0v) is 9.91. The fourth-order valence-corrected chi connectivity index (χ4v) is 1.35. The van der Waals surface area contributed by atoms with E-state index in [0.717, 1.165) is 0 Å². The summed E-state index contributed by atoms with van der Waals surface area (Å²) in [5.41, 5.74) is -0.567. The lowest BCUT2D eigenvalue weighted by atomic mass is 9.97. The van der Waals surface area contributed by atoms with E-state index >= 15 is 0 Å². The van der Waals surface area contributed by atoms with Crippen LogP contribution in [0.25, 0.3) is 0 Å². The van der Waals surface area contributed by atoms with Crippen molar-refractivity contribution < 1.29 is 14.3 Å². The van der Waals surface area contributed by atoms with Crippen LogP contribution in [0.1, 0.15) is 42.9 Å². The smallest absolute Gasteiger partial charge is 0.273 e. The fraction of sp³-hybridized carbons (Fsp3) is 0.636. The molecule has 1 rings (SSSR count). The first kappa shape index (κ1) is 12.7. The predicted octanol–water partition coefficient (Wildman–Crippen LogP) is 1.26. The maximum absolute atomic E-state index is 11.7. The van der Waals surface area contributed by atoms with E-state index in [1.165, 1.54) is 6.39 Å². The standard InChI is InChI=1S/C11H18N2O3/c1-4-11(15,5-2)6-12-10(14)9-8(3)16-7-13-9/h7,15H,4-6H2,1-3H3,(H,12,14). The number of aromatic nitrogens is 1. The van der Waals surface area contributed by atoms with Gasteiger partial charge in [0.25, 0.3) is 5.91 Å². The number of amides is 1. The molecule has 0 unspecified atom stereocenters. The van der Waals surface area contributed by atoms with Crippen molar-refractivity contribution in [2.75, 3.05) is 6.54 Å². The Hall–Kier alpha value is -1.36. The molecule has 16 heavy (non-hydrogen) atoms. The number of hydrogen-bond donors (Lipinski definition) is 2. The van der Waals surface area contributed by atoms with E-state index in [-0.39, 0.29) is 18.1 Å². The van der Waals surface area contributed by atoms with Gasteiger partial charge < -0.3 is 14.8 Å². The summed E-state index contributed by atoms with van der Waals surface area (Å²) in [5.74, 6) is 0.167. The number of aliphatic hydroxyl groups is 1. The molecule has 0 aliphatic heterocycles. The van der Waals surface area contributed by atoms with Crippen LogP contribution in [0.15, 0.2) is 10.8 Å². The Morgan fingerprint density at radius 1 is 1.56 bits per heavy atom. The van der Waals surface area contributed by atoms with Gasteiger partial charge >= 0.3 is 0 Å². The number of nitrogens with zero attached hydrogens (tertiary/aromatic N) is 1. The Labute approximate surface area is 94.9 Å². The second kappa shape index (κ2) is 5.12. The topological polar surface area (TPSA) is 75.4 Å². The normalized spacial score (nSPS) is 11.5. The van der Waals surface area contributed by atoms with Crippen LogP contribution in [0, 0.1) is 6.92 Å². The molecule has 5 nitrogen and oxygen atoms in total. The van der Waals surface area contributed by atoms with Crippen molar-refractivity contribution in [2.24, 2.45) is 0 Å². The molecule has 0 fully saturated rings. The van der Waals surface area contributed by atoms with Crippen molar-refractivity contribution in [3.63, 3.8) is 0 Å². The molecule has 0 spiro atoms. The summed E-state index contributed by atoms with van der Waals surface area (Å²) in [6, 6.07) is 0. The Morgan fingerprint density at radius 2 is 2.19 bits per heavy atom. The van der Waals surface area contributed by atoms with Gasteiger partial charge in [-0.15, -0.1) is 0 Å². The van der Waals surface area contributed by atoms with E-state index in [1.807, 2.05) is 13.8 Å². The Bertz CT molecular complexity index is 356. The number of carbonyl (C=O) groups is 1. The second-order valence-corrected chi connectivity index (χ2v) is 3.87. The molecule has 0 atom stereocenters. The molecule has 1 aromatic heterocycles. The highest BCUT2D eigenvalue weighted by Crippen LogP contribution is 2.13. The van der Waals surface area contributed by atoms with Crippen LogP contribution in [-0.2, 0) is 0 Å². The van der Waals surface area contributed by atoms with Crippen LogP contribution in [0.4, 0.5) is 0 Å². The molecule has 1 heterocycles. The summed E-state index contributed by atoms with van der Waals surface area (Å²) < 4.78 is 4.94. The number of aryl methyl sites for hydroxylation is 1. The molecule has 0 saturated heterocycles. The van der Waals surface area contributed by atoms with E-state index in [0.29, 0.717) is 18.6 Å². The van der Waals surface area contributed by atoms with Crippen molar-refractivity contribution in [2.45, 2.75) is 39.2 Å². The molecule has 0 aliphatic rings. The van der Waals surface area contributed by atoms with Gasteiger partial charge in [0.1, 0.15) is 5.76 Å². The summed E-state index contributed by atoms with van der Waals surface area (Å²) in [6.45, 7) is 5.67. The molecule has 90 valence electrons. The van der Waals surface area contributed by atoms with Gasteiger partial charge in [-0.05, 0) is 19.8 Å². The highest BCUT2D eigenvalue weighted by atomic mass is 16.3. The third kappa shape index (κ3) is 2.82. The van der Waals surface area contributed by atoms with Crippen molar-refractivity contribution in [3.05, 3.63) is 17.8 Å². The van der Waals surface area contributed by atoms with Crippen LogP contribution in [0.3, 0.4) is 0 Å². The lowest BCUT2D eigenvalue weighted by Gasteiger charge is -2.25. The van der Waals surface area contributed by atoms with E-state index in [2.05, 4.69) is 10.3 Å². The zero-order valence-electron chi connectivity index (χ0n) is 9.91. The monoisotopic (exact) mass is 226 g/mol. The first-order valence-corrected chi connectivity index (χ1v) is 5.43. The summed E-state index contributed by atoms with van der Waals surface area (Å²) in [7, 11) is 0. The number of hydrogen-bond acceptors (Lipinski definition) is 4. The minimum Gasteiger partial charge on any atom is -0.448 e. The van der Waals surface area contributed by atoms with Crippen LogP contribution in [0.5, 0.6) is 0 Å². The summed E-state index contributed by atoms with van der Waals surface area (Å²) >= 11 is 0. The molecule has 2 N–H and O–H groups in total. The first-order chi connectivity index (χ1) is 7.52. The van der Waals surface area contributed by atoms with Crippen LogP contribution >= 0.6 is 0 Å². The molecule has 0 bridgehead atoms. The van der Waals surface area contributed by atoms with Crippen LogP contribution < -0.4 is 5.32 Å². The van der Waals surface area contributed by atoms with Crippen molar-refractivity contribution in [1.82, 2.24) is 10.3 Å². The summed E-state index contributed by atoms with van der Waals surface area (Å²) in [4.78, 5) is 15.5. The average molecular weight is 226 g/mol. The molecular weight excluding hydrogens is 208 g/mol. The van der Waals surface area contributed by atoms with Crippen LogP contribution in [-0.4, -0.2) is 28.1 Å². The molecule has 0 aliphatic carbocycles. The van der Waals surface area contributed by atoms with Gasteiger partial charge in [-0.2, -0.15) is 0 Å². The minimum absolute atomic E-state index is 0.227.